The minimum absolute atomic E-state index is 0.166. The van der Waals surface area contributed by atoms with E-state index in [4.69, 9.17) is 4.74 Å². The molecule has 1 heterocycles. The first kappa shape index (κ1) is 19.2. The second-order valence-corrected chi connectivity index (χ2v) is 6.36. The van der Waals surface area contributed by atoms with Gasteiger partial charge in [0.1, 0.15) is 6.10 Å². The number of aryl methyl sites for hydroxylation is 1. The molecule has 1 saturated heterocycles. The minimum atomic E-state index is -0.502. The lowest BCUT2D eigenvalue weighted by molar-refractivity contribution is -0.130. The molecule has 5 nitrogen and oxygen atoms in total. The van der Waals surface area contributed by atoms with Gasteiger partial charge in [-0.2, -0.15) is 0 Å². The lowest BCUT2D eigenvalue weighted by atomic mass is 10.1. The number of nitrogens with zero attached hydrogens (tertiary/aromatic N) is 1. The number of carbonyl (C=O) groups is 2. The predicted octanol–water partition coefficient (Wildman–Crippen LogP) is 3.16. The topological polar surface area (TPSA) is 58.6 Å². The third-order valence-electron chi connectivity index (χ3n) is 4.37. The van der Waals surface area contributed by atoms with Crippen LogP contribution in [0.2, 0.25) is 0 Å². The van der Waals surface area contributed by atoms with Gasteiger partial charge in [0.05, 0.1) is 6.61 Å². The van der Waals surface area contributed by atoms with Crippen LogP contribution in [0.25, 0.3) is 0 Å². The van der Waals surface area contributed by atoms with Crippen LogP contribution in [0.1, 0.15) is 38.2 Å². The highest BCUT2D eigenvalue weighted by Crippen LogP contribution is 2.14. The van der Waals surface area contributed by atoms with Crippen LogP contribution in [0.5, 0.6) is 0 Å². The Hall–Kier alpha value is -2.14. The van der Waals surface area contributed by atoms with Crippen LogP contribution in [-0.2, 0) is 20.7 Å². The summed E-state index contributed by atoms with van der Waals surface area (Å²) in [6.45, 7) is 7.64. The van der Waals surface area contributed by atoms with Crippen molar-refractivity contribution in [1.29, 1.82) is 0 Å². The lowest BCUT2D eigenvalue weighted by Gasteiger charge is -2.15. The van der Waals surface area contributed by atoms with Gasteiger partial charge >= 0.3 is 0 Å². The van der Waals surface area contributed by atoms with E-state index < -0.39 is 6.10 Å². The fourth-order valence-electron chi connectivity index (χ4n) is 2.78. The average molecular weight is 344 g/mol. The van der Waals surface area contributed by atoms with Gasteiger partial charge in [0.15, 0.2) is 0 Å². The SMILES string of the molecule is C=CCCOC(C)C(=O)Nc1ccc(CCC(=O)N2CCCC2)cc1. The molecule has 1 fully saturated rings. The fourth-order valence-corrected chi connectivity index (χ4v) is 2.78. The second-order valence-electron chi connectivity index (χ2n) is 6.36. The average Bonchev–Trinajstić information content (AvgIpc) is 3.15. The van der Waals surface area contributed by atoms with Crippen LogP contribution in [0.3, 0.4) is 0 Å². The quantitative estimate of drug-likeness (QED) is 0.553. The molecule has 1 aromatic rings. The maximum atomic E-state index is 12.1. The number of amides is 2. The molecule has 0 bridgehead atoms. The van der Waals surface area contributed by atoms with Crippen LogP contribution in [0.4, 0.5) is 5.69 Å². The molecule has 1 atom stereocenters. The summed E-state index contributed by atoms with van der Waals surface area (Å²) in [5.74, 6) is 0.0707. The predicted molar refractivity (Wildman–Crippen MR) is 99.4 cm³/mol. The molecule has 0 saturated carbocycles. The summed E-state index contributed by atoms with van der Waals surface area (Å²) in [5.41, 5.74) is 1.83. The number of hydrogen-bond acceptors (Lipinski definition) is 3. The molecule has 0 aromatic heterocycles. The number of anilines is 1. The number of benzene rings is 1. The Morgan fingerprint density at radius 1 is 1.28 bits per heavy atom. The Bertz CT molecular complexity index is 577. The number of ether oxygens (including phenoxy) is 1. The number of likely N-dealkylation sites (tertiary alicyclic amines) is 1. The van der Waals surface area contributed by atoms with Crippen molar-refractivity contribution in [1.82, 2.24) is 4.90 Å². The summed E-state index contributed by atoms with van der Waals surface area (Å²) in [5, 5.41) is 2.84. The zero-order chi connectivity index (χ0) is 18.1. The molecule has 1 unspecified atom stereocenters. The molecule has 1 N–H and O–H groups in total. The summed E-state index contributed by atoms with van der Waals surface area (Å²) in [6, 6.07) is 7.64. The summed E-state index contributed by atoms with van der Waals surface area (Å²) in [6.07, 6.45) is 5.49. The van der Waals surface area contributed by atoms with E-state index in [1.165, 1.54) is 0 Å². The molecule has 2 rings (SSSR count). The van der Waals surface area contributed by atoms with Gasteiger partial charge in [-0.15, -0.1) is 6.58 Å². The summed E-state index contributed by atoms with van der Waals surface area (Å²) < 4.78 is 5.43. The number of hydrogen-bond donors (Lipinski definition) is 1. The molecule has 5 heteroatoms. The highest BCUT2D eigenvalue weighted by Gasteiger charge is 2.17. The van der Waals surface area contributed by atoms with E-state index in [0.29, 0.717) is 13.0 Å². The fraction of sp³-hybridized carbons (Fsp3) is 0.500. The summed E-state index contributed by atoms with van der Waals surface area (Å²) in [7, 11) is 0. The van der Waals surface area contributed by atoms with Crippen molar-refractivity contribution in [3.05, 3.63) is 42.5 Å². The Balaban J connectivity index is 1.76. The van der Waals surface area contributed by atoms with Crippen molar-refractivity contribution in [2.45, 2.75) is 45.1 Å². The van der Waals surface area contributed by atoms with Gasteiger partial charge in [-0.1, -0.05) is 18.2 Å². The Kier molecular flexibility index (Phi) is 7.67. The van der Waals surface area contributed by atoms with Crippen molar-refractivity contribution in [3.63, 3.8) is 0 Å². The monoisotopic (exact) mass is 344 g/mol. The third kappa shape index (κ3) is 6.35. The number of nitrogens with one attached hydrogen (secondary N) is 1. The van der Waals surface area contributed by atoms with E-state index >= 15 is 0 Å². The van der Waals surface area contributed by atoms with E-state index in [1.807, 2.05) is 29.2 Å². The van der Waals surface area contributed by atoms with Gasteiger partial charge in [0.25, 0.3) is 5.91 Å². The van der Waals surface area contributed by atoms with Crippen molar-refractivity contribution < 1.29 is 14.3 Å². The van der Waals surface area contributed by atoms with E-state index in [-0.39, 0.29) is 11.8 Å². The van der Waals surface area contributed by atoms with Gasteiger partial charge in [-0.3, -0.25) is 9.59 Å². The smallest absolute Gasteiger partial charge is 0.253 e. The molecular formula is C20H28N2O3. The summed E-state index contributed by atoms with van der Waals surface area (Å²) in [4.78, 5) is 26.1. The standard InChI is InChI=1S/C20H28N2O3/c1-3-4-15-25-16(2)20(24)21-18-10-7-17(8-11-18)9-12-19(23)22-13-5-6-14-22/h3,7-8,10-11,16H,1,4-6,9,12-15H2,2H3,(H,21,24). The van der Waals surface area contributed by atoms with E-state index in [2.05, 4.69) is 11.9 Å². The largest absolute Gasteiger partial charge is 0.368 e. The number of carbonyl (C=O) groups excluding carboxylic acids is 2. The molecule has 0 radical (unpaired) electrons. The normalized spacial score (nSPS) is 15.0. The van der Waals surface area contributed by atoms with Crippen LogP contribution in [0, 0.1) is 0 Å². The van der Waals surface area contributed by atoms with E-state index in [9.17, 15) is 9.59 Å². The zero-order valence-corrected chi connectivity index (χ0v) is 15.0. The van der Waals surface area contributed by atoms with Crippen molar-refractivity contribution in [2.75, 3.05) is 25.0 Å². The number of rotatable bonds is 9. The molecule has 2 amide bonds. The Labute approximate surface area is 150 Å². The highest BCUT2D eigenvalue weighted by molar-refractivity contribution is 5.93. The molecule has 25 heavy (non-hydrogen) atoms. The molecule has 136 valence electrons. The van der Waals surface area contributed by atoms with Crippen molar-refractivity contribution >= 4 is 17.5 Å². The maximum Gasteiger partial charge on any atom is 0.253 e. The van der Waals surface area contributed by atoms with Gasteiger partial charge < -0.3 is 15.0 Å². The molecule has 1 aromatic carbocycles. The first-order valence-corrected chi connectivity index (χ1v) is 9.00. The second kappa shape index (κ2) is 9.99. The van der Waals surface area contributed by atoms with E-state index in [0.717, 1.165) is 50.0 Å². The van der Waals surface area contributed by atoms with Crippen molar-refractivity contribution in [2.24, 2.45) is 0 Å². The maximum absolute atomic E-state index is 12.1. The lowest BCUT2D eigenvalue weighted by Crippen LogP contribution is -2.28. The van der Waals surface area contributed by atoms with Crippen LogP contribution < -0.4 is 5.32 Å². The molecular weight excluding hydrogens is 316 g/mol. The first-order valence-electron chi connectivity index (χ1n) is 9.00. The van der Waals surface area contributed by atoms with Crippen LogP contribution in [-0.4, -0.2) is 42.5 Å². The molecule has 1 aliphatic rings. The van der Waals surface area contributed by atoms with Gasteiger partial charge in [-0.25, -0.2) is 0 Å². The van der Waals surface area contributed by atoms with Crippen molar-refractivity contribution in [3.8, 4) is 0 Å². The zero-order valence-electron chi connectivity index (χ0n) is 15.0. The first-order chi connectivity index (χ1) is 12.1. The highest BCUT2D eigenvalue weighted by atomic mass is 16.5. The summed E-state index contributed by atoms with van der Waals surface area (Å²) >= 11 is 0. The van der Waals surface area contributed by atoms with Gasteiger partial charge in [0, 0.05) is 25.2 Å². The van der Waals surface area contributed by atoms with E-state index in [1.54, 1.807) is 13.0 Å². The van der Waals surface area contributed by atoms with Crippen LogP contribution in [0.15, 0.2) is 36.9 Å². The minimum Gasteiger partial charge on any atom is -0.368 e. The Morgan fingerprint density at radius 2 is 1.96 bits per heavy atom. The molecule has 0 spiro atoms. The third-order valence-corrected chi connectivity index (χ3v) is 4.37. The van der Waals surface area contributed by atoms with Crippen LogP contribution >= 0.6 is 0 Å². The van der Waals surface area contributed by atoms with Gasteiger partial charge in [-0.05, 0) is 50.3 Å². The van der Waals surface area contributed by atoms with Gasteiger partial charge in [0.2, 0.25) is 5.91 Å². The Morgan fingerprint density at radius 3 is 2.60 bits per heavy atom. The molecule has 0 aliphatic carbocycles. The molecule has 1 aliphatic heterocycles.